The third kappa shape index (κ3) is 2.33. The summed E-state index contributed by atoms with van der Waals surface area (Å²) in [6, 6.07) is 1.88. The van der Waals surface area contributed by atoms with E-state index in [9.17, 15) is 4.79 Å². The van der Waals surface area contributed by atoms with Crippen LogP contribution in [0.15, 0.2) is 6.07 Å². The van der Waals surface area contributed by atoms with Crippen LogP contribution < -0.4 is 11.1 Å². The molecule has 1 aliphatic rings. The topological polar surface area (TPSA) is 55.1 Å². The summed E-state index contributed by atoms with van der Waals surface area (Å²) in [6.45, 7) is 1.97. The van der Waals surface area contributed by atoms with E-state index in [1.807, 2.05) is 6.07 Å². The van der Waals surface area contributed by atoms with E-state index in [2.05, 4.69) is 5.32 Å². The van der Waals surface area contributed by atoms with Gasteiger partial charge in [-0.05, 0) is 36.9 Å². The largest absolute Gasteiger partial charge is 0.365 e. The van der Waals surface area contributed by atoms with E-state index in [0.717, 1.165) is 31.5 Å². The number of halogens is 1. The van der Waals surface area contributed by atoms with E-state index in [0.29, 0.717) is 15.1 Å². The van der Waals surface area contributed by atoms with Crippen molar-refractivity contribution in [1.29, 1.82) is 0 Å². The number of carbonyl (C=O) groups is 1. The zero-order valence-corrected chi connectivity index (χ0v) is 9.83. The number of amides is 1. The standard InChI is InChI=1S/C10H13ClN2OS/c11-8-4-7(9(15-8)10(12)14)6-2-1-3-13-5-6/h4,6,13H,1-3,5H2,(H2,12,14). The van der Waals surface area contributed by atoms with Gasteiger partial charge in [-0.15, -0.1) is 11.3 Å². The second-order valence-electron chi connectivity index (χ2n) is 3.74. The van der Waals surface area contributed by atoms with E-state index in [1.165, 1.54) is 11.3 Å². The zero-order valence-electron chi connectivity index (χ0n) is 8.25. The number of piperidine rings is 1. The molecular weight excluding hydrogens is 232 g/mol. The highest BCUT2D eigenvalue weighted by Crippen LogP contribution is 2.34. The summed E-state index contributed by atoms with van der Waals surface area (Å²) in [7, 11) is 0. The second kappa shape index (κ2) is 4.51. The summed E-state index contributed by atoms with van der Waals surface area (Å²) in [6.07, 6.45) is 2.23. The van der Waals surface area contributed by atoms with Gasteiger partial charge < -0.3 is 11.1 Å². The summed E-state index contributed by atoms with van der Waals surface area (Å²) in [5, 5.41) is 3.32. The van der Waals surface area contributed by atoms with Crippen molar-refractivity contribution in [1.82, 2.24) is 5.32 Å². The second-order valence-corrected chi connectivity index (χ2v) is 5.43. The number of hydrogen-bond donors (Lipinski definition) is 2. The van der Waals surface area contributed by atoms with Crippen LogP contribution in [0.4, 0.5) is 0 Å². The lowest BCUT2D eigenvalue weighted by Gasteiger charge is -2.22. The molecule has 2 rings (SSSR count). The van der Waals surface area contributed by atoms with Gasteiger partial charge in [0.15, 0.2) is 0 Å². The first-order chi connectivity index (χ1) is 7.18. The van der Waals surface area contributed by atoms with Gasteiger partial charge in [-0.1, -0.05) is 11.6 Å². The number of rotatable bonds is 2. The molecule has 1 aromatic heterocycles. The summed E-state index contributed by atoms with van der Waals surface area (Å²) < 4.78 is 0.643. The zero-order chi connectivity index (χ0) is 10.8. The van der Waals surface area contributed by atoms with Gasteiger partial charge in [-0.2, -0.15) is 0 Å². The van der Waals surface area contributed by atoms with Gasteiger partial charge in [0, 0.05) is 6.54 Å². The van der Waals surface area contributed by atoms with Crippen molar-refractivity contribution in [2.24, 2.45) is 5.73 Å². The van der Waals surface area contributed by atoms with Crippen molar-refractivity contribution in [2.45, 2.75) is 18.8 Å². The Morgan fingerprint density at radius 3 is 3.07 bits per heavy atom. The van der Waals surface area contributed by atoms with Crippen LogP contribution in [0.3, 0.4) is 0 Å². The monoisotopic (exact) mass is 244 g/mol. The van der Waals surface area contributed by atoms with Crippen LogP contribution in [0.2, 0.25) is 4.34 Å². The molecule has 15 heavy (non-hydrogen) atoms. The van der Waals surface area contributed by atoms with E-state index in [-0.39, 0.29) is 5.91 Å². The molecule has 0 bridgehead atoms. The number of carbonyl (C=O) groups excluding carboxylic acids is 1. The van der Waals surface area contributed by atoms with Crippen LogP contribution >= 0.6 is 22.9 Å². The lowest BCUT2D eigenvalue weighted by molar-refractivity contribution is 0.100. The van der Waals surface area contributed by atoms with Gasteiger partial charge >= 0.3 is 0 Å². The molecule has 1 amide bonds. The Morgan fingerprint density at radius 1 is 1.67 bits per heavy atom. The minimum absolute atomic E-state index is 0.368. The average molecular weight is 245 g/mol. The fourth-order valence-electron chi connectivity index (χ4n) is 1.99. The average Bonchev–Trinajstić information content (AvgIpc) is 2.62. The molecule has 1 saturated heterocycles. The molecule has 0 radical (unpaired) electrons. The van der Waals surface area contributed by atoms with Crippen molar-refractivity contribution in [2.75, 3.05) is 13.1 Å². The molecule has 1 unspecified atom stereocenters. The first kappa shape index (κ1) is 10.9. The number of nitrogens with one attached hydrogen (secondary N) is 1. The molecule has 1 aromatic rings. The molecule has 2 heterocycles. The predicted molar refractivity (Wildman–Crippen MR) is 62.7 cm³/mol. The molecule has 0 saturated carbocycles. The predicted octanol–water partition coefficient (Wildman–Crippen LogP) is 1.97. The van der Waals surface area contributed by atoms with Crippen molar-refractivity contribution in [3.05, 3.63) is 20.8 Å². The Bertz CT molecular complexity index is 371. The third-order valence-corrected chi connectivity index (χ3v) is 3.99. The van der Waals surface area contributed by atoms with Gasteiger partial charge in [0.1, 0.15) is 0 Å². The van der Waals surface area contributed by atoms with Gasteiger partial charge in [0.25, 0.3) is 5.91 Å². The summed E-state index contributed by atoms with van der Waals surface area (Å²) in [5.74, 6) is 0.0115. The highest BCUT2D eigenvalue weighted by Gasteiger charge is 2.22. The fourth-order valence-corrected chi connectivity index (χ4v) is 3.16. The molecule has 0 aromatic carbocycles. The van der Waals surface area contributed by atoms with E-state index in [1.54, 1.807) is 0 Å². The molecule has 1 aliphatic heterocycles. The smallest absolute Gasteiger partial charge is 0.259 e. The number of thiophene rings is 1. The van der Waals surface area contributed by atoms with Crippen molar-refractivity contribution in [3.63, 3.8) is 0 Å². The van der Waals surface area contributed by atoms with Crippen LogP contribution in [-0.2, 0) is 0 Å². The Balaban J connectivity index is 2.28. The molecule has 1 fully saturated rings. The lowest BCUT2D eigenvalue weighted by atomic mass is 9.92. The van der Waals surface area contributed by atoms with Gasteiger partial charge in [0.2, 0.25) is 0 Å². The Kier molecular flexibility index (Phi) is 3.29. The maximum atomic E-state index is 11.2. The Morgan fingerprint density at radius 2 is 2.47 bits per heavy atom. The van der Waals surface area contributed by atoms with Gasteiger partial charge in [-0.25, -0.2) is 0 Å². The SMILES string of the molecule is NC(=O)c1sc(Cl)cc1C1CCCNC1. The van der Waals surface area contributed by atoms with E-state index >= 15 is 0 Å². The molecule has 82 valence electrons. The Hall–Kier alpha value is -0.580. The van der Waals surface area contributed by atoms with Crippen molar-refractivity contribution >= 4 is 28.8 Å². The first-order valence-corrected chi connectivity index (χ1v) is 6.17. The lowest BCUT2D eigenvalue weighted by Crippen LogP contribution is -2.29. The van der Waals surface area contributed by atoms with Crippen LogP contribution in [0.5, 0.6) is 0 Å². The summed E-state index contributed by atoms with van der Waals surface area (Å²) >= 11 is 7.20. The van der Waals surface area contributed by atoms with Crippen molar-refractivity contribution in [3.8, 4) is 0 Å². The summed E-state index contributed by atoms with van der Waals surface area (Å²) in [5.41, 5.74) is 6.35. The van der Waals surface area contributed by atoms with Crippen LogP contribution in [0.25, 0.3) is 0 Å². The van der Waals surface area contributed by atoms with Crippen LogP contribution in [0.1, 0.15) is 34.0 Å². The third-order valence-electron chi connectivity index (χ3n) is 2.69. The molecular formula is C10H13ClN2OS. The highest BCUT2D eigenvalue weighted by atomic mass is 35.5. The minimum atomic E-state index is -0.368. The van der Waals surface area contributed by atoms with Crippen molar-refractivity contribution < 1.29 is 4.79 Å². The number of primary amides is 1. The van der Waals surface area contributed by atoms with E-state index < -0.39 is 0 Å². The first-order valence-electron chi connectivity index (χ1n) is 4.98. The molecule has 0 spiro atoms. The van der Waals surface area contributed by atoms with Gasteiger partial charge in [-0.3, -0.25) is 4.79 Å². The van der Waals surface area contributed by atoms with Crippen LogP contribution in [-0.4, -0.2) is 19.0 Å². The fraction of sp³-hybridized carbons (Fsp3) is 0.500. The summed E-state index contributed by atoms with van der Waals surface area (Å²) in [4.78, 5) is 11.9. The number of nitrogens with two attached hydrogens (primary N) is 1. The Labute approximate surface area is 97.6 Å². The molecule has 3 nitrogen and oxygen atoms in total. The minimum Gasteiger partial charge on any atom is -0.365 e. The molecule has 3 N–H and O–H groups in total. The van der Waals surface area contributed by atoms with Crippen LogP contribution in [0, 0.1) is 0 Å². The molecule has 0 aliphatic carbocycles. The molecule has 1 atom stereocenters. The quantitative estimate of drug-likeness (QED) is 0.836. The maximum Gasteiger partial charge on any atom is 0.259 e. The van der Waals surface area contributed by atoms with E-state index in [4.69, 9.17) is 17.3 Å². The maximum absolute atomic E-state index is 11.2. The van der Waals surface area contributed by atoms with Gasteiger partial charge in [0.05, 0.1) is 9.21 Å². The normalized spacial score (nSPS) is 21.5. The highest BCUT2D eigenvalue weighted by molar-refractivity contribution is 7.18. The molecule has 5 heteroatoms. The number of hydrogen-bond acceptors (Lipinski definition) is 3.